The van der Waals surface area contributed by atoms with Crippen molar-refractivity contribution >= 4 is 17.7 Å². The van der Waals surface area contributed by atoms with Crippen LogP contribution in [0.2, 0.25) is 0 Å². The Bertz CT molecular complexity index is 815. The molecule has 2 rings (SSSR count). The Morgan fingerprint density at radius 2 is 1.69 bits per heavy atom. The lowest BCUT2D eigenvalue weighted by atomic mass is 10.0. The van der Waals surface area contributed by atoms with E-state index < -0.39 is 23.7 Å². The molecule has 2 aromatic carbocycles. The lowest BCUT2D eigenvalue weighted by Gasteiger charge is -2.32. The third-order valence-corrected chi connectivity index (χ3v) is 4.14. The lowest BCUT2D eigenvalue weighted by molar-refractivity contribution is -0.149. The van der Waals surface area contributed by atoms with E-state index in [1.807, 2.05) is 42.5 Å². The highest BCUT2D eigenvalue weighted by Gasteiger charge is 2.34. The van der Waals surface area contributed by atoms with Gasteiger partial charge in [0.05, 0.1) is 13.2 Å². The van der Waals surface area contributed by atoms with E-state index in [0.29, 0.717) is 12.1 Å². The van der Waals surface area contributed by atoms with E-state index in [1.54, 1.807) is 39.8 Å². The first kappa shape index (κ1) is 22.3. The van der Waals surface area contributed by atoms with Crippen molar-refractivity contribution in [2.45, 2.75) is 52.3 Å². The molecule has 0 aliphatic heterocycles. The summed E-state index contributed by atoms with van der Waals surface area (Å²) < 4.78 is 10.9. The molecule has 0 bridgehead atoms. The number of nitrogens with zero attached hydrogens (tertiary/aromatic N) is 1. The summed E-state index contributed by atoms with van der Waals surface area (Å²) in [6.45, 7) is 7.52. The Morgan fingerprint density at radius 1 is 1.03 bits per heavy atom. The van der Waals surface area contributed by atoms with Crippen LogP contribution in [0.4, 0.5) is 10.5 Å². The average molecular weight is 399 g/mol. The average Bonchev–Trinajstić information content (AvgIpc) is 2.64. The first-order valence-corrected chi connectivity index (χ1v) is 9.74. The summed E-state index contributed by atoms with van der Waals surface area (Å²) in [4.78, 5) is 27.3. The molecule has 0 fully saturated rings. The van der Waals surface area contributed by atoms with Crippen LogP contribution in [0.15, 0.2) is 54.6 Å². The van der Waals surface area contributed by atoms with Crippen molar-refractivity contribution in [2.24, 2.45) is 0 Å². The van der Waals surface area contributed by atoms with Crippen LogP contribution in [-0.2, 0) is 27.2 Å². The van der Waals surface area contributed by atoms with Crippen LogP contribution in [0.5, 0.6) is 0 Å². The minimum Gasteiger partial charge on any atom is -0.464 e. The predicted molar refractivity (Wildman–Crippen MR) is 113 cm³/mol. The quantitative estimate of drug-likeness (QED) is 0.559. The smallest absolute Gasteiger partial charge is 0.411 e. The maximum Gasteiger partial charge on any atom is 0.411 e. The predicted octanol–water partition coefficient (Wildman–Crippen LogP) is 4.18. The van der Waals surface area contributed by atoms with Gasteiger partial charge >= 0.3 is 12.1 Å². The van der Waals surface area contributed by atoms with Crippen LogP contribution < -0.4 is 5.73 Å². The number of carbonyl (C=O) groups is 2. The second-order valence-corrected chi connectivity index (χ2v) is 7.81. The molecule has 2 aromatic rings. The Balaban J connectivity index is 2.40. The van der Waals surface area contributed by atoms with Crippen LogP contribution in [0.3, 0.4) is 0 Å². The normalized spacial score (nSPS) is 12.1. The van der Waals surface area contributed by atoms with Crippen molar-refractivity contribution < 1.29 is 19.1 Å². The second-order valence-electron chi connectivity index (χ2n) is 7.81. The van der Waals surface area contributed by atoms with Gasteiger partial charge in [-0.3, -0.25) is 4.90 Å². The fourth-order valence-electron chi connectivity index (χ4n) is 2.91. The zero-order valence-corrected chi connectivity index (χ0v) is 17.6. The molecular weight excluding hydrogens is 368 g/mol. The minimum atomic E-state index is -0.825. The van der Waals surface area contributed by atoms with E-state index >= 15 is 0 Å². The molecule has 0 aliphatic rings. The summed E-state index contributed by atoms with van der Waals surface area (Å²) in [5, 5.41) is 0. The number of anilines is 1. The van der Waals surface area contributed by atoms with Gasteiger partial charge in [-0.1, -0.05) is 42.5 Å². The molecule has 0 heterocycles. The molecule has 0 spiro atoms. The van der Waals surface area contributed by atoms with Gasteiger partial charge in [0.25, 0.3) is 0 Å². The fourth-order valence-corrected chi connectivity index (χ4v) is 2.91. The highest BCUT2D eigenvalue weighted by atomic mass is 16.6. The second kappa shape index (κ2) is 9.96. The molecule has 0 radical (unpaired) electrons. The monoisotopic (exact) mass is 398 g/mol. The SMILES string of the molecule is CCOC(=O)C(Cc1ccccc1)N(Cc1cccc(N)c1)C(=O)OC(C)(C)C. The summed E-state index contributed by atoms with van der Waals surface area (Å²) in [6, 6.07) is 15.9. The van der Waals surface area contributed by atoms with Gasteiger partial charge < -0.3 is 15.2 Å². The number of ether oxygens (including phenoxy) is 2. The standard InChI is InChI=1S/C23H30N2O4/c1-5-28-21(26)20(15-17-10-7-6-8-11-17)25(22(27)29-23(2,3)4)16-18-12-9-13-19(24)14-18/h6-14,20H,5,15-16,24H2,1-4H3. The van der Waals surface area contributed by atoms with Crippen molar-refractivity contribution in [3.05, 3.63) is 65.7 Å². The Kier molecular flexibility index (Phi) is 7.65. The van der Waals surface area contributed by atoms with Gasteiger partial charge in [-0.25, -0.2) is 9.59 Å². The first-order valence-electron chi connectivity index (χ1n) is 9.74. The van der Waals surface area contributed by atoms with Crippen LogP contribution >= 0.6 is 0 Å². The molecule has 156 valence electrons. The molecule has 6 heteroatoms. The maximum absolute atomic E-state index is 13.1. The molecule has 2 N–H and O–H groups in total. The summed E-state index contributed by atoms with van der Waals surface area (Å²) in [7, 11) is 0. The van der Waals surface area contributed by atoms with Gasteiger partial charge in [-0.15, -0.1) is 0 Å². The highest BCUT2D eigenvalue weighted by molar-refractivity contribution is 5.82. The Labute approximate surface area is 172 Å². The van der Waals surface area contributed by atoms with Gasteiger partial charge in [0, 0.05) is 12.1 Å². The molecule has 6 nitrogen and oxygen atoms in total. The van der Waals surface area contributed by atoms with Crippen LogP contribution in [0, 0.1) is 0 Å². The van der Waals surface area contributed by atoms with Crippen LogP contribution in [0.1, 0.15) is 38.8 Å². The number of nitrogen functional groups attached to an aromatic ring is 1. The van der Waals surface area contributed by atoms with Crippen molar-refractivity contribution in [1.29, 1.82) is 0 Å². The van der Waals surface area contributed by atoms with Gasteiger partial charge in [0.1, 0.15) is 11.6 Å². The summed E-state index contributed by atoms with van der Waals surface area (Å²) in [5.41, 5.74) is 7.51. The van der Waals surface area contributed by atoms with Gasteiger partial charge in [-0.05, 0) is 51.0 Å². The number of hydrogen-bond acceptors (Lipinski definition) is 5. The first-order chi connectivity index (χ1) is 13.7. The van der Waals surface area contributed by atoms with Crippen molar-refractivity contribution in [1.82, 2.24) is 4.90 Å². The summed E-state index contributed by atoms with van der Waals surface area (Å²) in [5.74, 6) is -0.467. The van der Waals surface area contributed by atoms with Gasteiger partial charge in [-0.2, -0.15) is 0 Å². The zero-order valence-electron chi connectivity index (χ0n) is 17.6. The van der Waals surface area contributed by atoms with Gasteiger partial charge in [0.15, 0.2) is 0 Å². The van der Waals surface area contributed by atoms with Crippen molar-refractivity contribution in [3.63, 3.8) is 0 Å². The molecular formula is C23H30N2O4. The van der Waals surface area contributed by atoms with Gasteiger partial charge in [0.2, 0.25) is 0 Å². The molecule has 0 aliphatic carbocycles. The molecule has 1 amide bonds. The maximum atomic E-state index is 13.1. The molecule has 1 unspecified atom stereocenters. The van der Waals surface area contributed by atoms with E-state index in [4.69, 9.17) is 15.2 Å². The number of carbonyl (C=O) groups excluding carboxylic acids is 2. The van der Waals surface area contributed by atoms with Crippen molar-refractivity contribution in [2.75, 3.05) is 12.3 Å². The fraction of sp³-hybridized carbons (Fsp3) is 0.391. The molecule has 0 saturated carbocycles. The summed E-state index contributed by atoms with van der Waals surface area (Å²) >= 11 is 0. The number of rotatable bonds is 7. The Hall–Kier alpha value is -3.02. The third kappa shape index (κ3) is 7.14. The van der Waals surface area contributed by atoms with E-state index in [2.05, 4.69) is 0 Å². The van der Waals surface area contributed by atoms with E-state index in [1.165, 1.54) is 4.90 Å². The largest absolute Gasteiger partial charge is 0.464 e. The van der Waals surface area contributed by atoms with E-state index in [9.17, 15) is 9.59 Å². The van der Waals surface area contributed by atoms with E-state index in [-0.39, 0.29) is 13.2 Å². The highest BCUT2D eigenvalue weighted by Crippen LogP contribution is 2.20. The van der Waals surface area contributed by atoms with Crippen molar-refractivity contribution in [3.8, 4) is 0 Å². The minimum absolute atomic E-state index is 0.177. The lowest BCUT2D eigenvalue weighted by Crippen LogP contribution is -2.48. The molecule has 29 heavy (non-hydrogen) atoms. The third-order valence-electron chi connectivity index (χ3n) is 4.14. The van der Waals surface area contributed by atoms with Crippen LogP contribution in [0.25, 0.3) is 0 Å². The number of esters is 1. The number of hydrogen-bond donors (Lipinski definition) is 1. The summed E-state index contributed by atoms with van der Waals surface area (Å²) in [6.07, 6.45) is -0.254. The zero-order chi connectivity index (χ0) is 21.4. The number of benzene rings is 2. The van der Waals surface area contributed by atoms with E-state index in [0.717, 1.165) is 11.1 Å². The molecule has 0 saturated heterocycles. The topological polar surface area (TPSA) is 81.9 Å². The van der Waals surface area contributed by atoms with Crippen LogP contribution in [-0.4, -0.2) is 35.2 Å². The molecule has 0 aromatic heterocycles. The number of amides is 1. The Morgan fingerprint density at radius 3 is 2.28 bits per heavy atom. The molecule has 1 atom stereocenters. The number of nitrogens with two attached hydrogens (primary N) is 1.